The average Bonchev–Trinajstić information content (AvgIpc) is 1.90. The van der Waals surface area contributed by atoms with Gasteiger partial charge >= 0.3 is 0 Å². The van der Waals surface area contributed by atoms with Crippen LogP contribution in [0.3, 0.4) is 0 Å². The maximum absolute atomic E-state index is 3.32. The van der Waals surface area contributed by atoms with Crippen LogP contribution in [0.5, 0.6) is 0 Å². The zero-order valence-corrected chi connectivity index (χ0v) is 6.48. The van der Waals surface area contributed by atoms with E-state index in [1.165, 1.54) is 25.7 Å². The summed E-state index contributed by atoms with van der Waals surface area (Å²) in [5, 5.41) is 3.32. The van der Waals surface area contributed by atoms with E-state index < -0.39 is 0 Å². The molecule has 1 aliphatic rings. The second kappa shape index (κ2) is 3.21. The molecule has 0 aromatic heterocycles. The third-order valence-electron chi connectivity index (χ3n) is 2.42. The van der Waals surface area contributed by atoms with E-state index in [4.69, 9.17) is 0 Å². The molecule has 54 valence electrons. The predicted octanol–water partition coefficient (Wildman–Crippen LogP) is 1.78. The zero-order chi connectivity index (χ0) is 6.69. The third kappa shape index (κ3) is 1.98. The van der Waals surface area contributed by atoms with Gasteiger partial charge < -0.3 is 5.32 Å². The maximum atomic E-state index is 3.32. The highest BCUT2D eigenvalue weighted by Gasteiger charge is 2.15. The van der Waals surface area contributed by atoms with E-state index in [0.717, 1.165) is 12.0 Å². The van der Waals surface area contributed by atoms with Crippen LogP contribution in [0.4, 0.5) is 0 Å². The molecule has 0 heterocycles. The Balaban J connectivity index is 2.18. The third-order valence-corrected chi connectivity index (χ3v) is 2.42. The maximum Gasteiger partial charge on any atom is 0.00642 e. The molecule has 1 heteroatoms. The Morgan fingerprint density at radius 1 is 1.11 bits per heavy atom. The molecule has 0 amide bonds. The van der Waals surface area contributed by atoms with Gasteiger partial charge in [-0.1, -0.05) is 6.92 Å². The summed E-state index contributed by atoms with van der Waals surface area (Å²) in [7, 11) is 2.07. The van der Waals surface area contributed by atoms with Crippen molar-refractivity contribution in [1.29, 1.82) is 0 Å². The van der Waals surface area contributed by atoms with Crippen LogP contribution >= 0.6 is 0 Å². The zero-order valence-electron chi connectivity index (χ0n) is 6.48. The molecule has 1 rings (SSSR count). The van der Waals surface area contributed by atoms with Crippen molar-refractivity contribution >= 4 is 0 Å². The van der Waals surface area contributed by atoms with Gasteiger partial charge in [0.25, 0.3) is 0 Å². The summed E-state index contributed by atoms with van der Waals surface area (Å²) in [5.41, 5.74) is 0. The van der Waals surface area contributed by atoms with Gasteiger partial charge in [-0.05, 0) is 38.6 Å². The molecule has 0 saturated heterocycles. The lowest BCUT2D eigenvalue weighted by Crippen LogP contribution is -2.29. The van der Waals surface area contributed by atoms with Crippen LogP contribution in [0.25, 0.3) is 0 Å². The van der Waals surface area contributed by atoms with E-state index in [1.807, 2.05) is 0 Å². The topological polar surface area (TPSA) is 12.0 Å². The van der Waals surface area contributed by atoms with Gasteiger partial charge in [0.2, 0.25) is 0 Å². The first-order valence-electron chi connectivity index (χ1n) is 4.00. The molecular formula is C8H17N. The quantitative estimate of drug-likeness (QED) is 0.566. The highest BCUT2D eigenvalue weighted by atomic mass is 14.9. The Morgan fingerprint density at radius 3 is 2.11 bits per heavy atom. The molecule has 1 fully saturated rings. The normalized spacial score (nSPS) is 36.7. The van der Waals surface area contributed by atoms with Crippen molar-refractivity contribution in [3.05, 3.63) is 0 Å². The van der Waals surface area contributed by atoms with Crippen molar-refractivity contribution in [1.82, 2.24) is 5.32 Å². The number of hydrogen-bond acceptors (Lipinski definition) is 1. The van der Waals surface area contributed by atoms with Crippen molar-refractivity contribution in [3.63, 3.8) is 0 Å². The fourth-order valence-electron chi connectivity index (χ4n) is 1.55. The minimum atomic E-state index is 0.821. The molecular weight excluding hydrogens is 110 g/mol. The highest BCUT2D eigenvalue weighted by molar-refractivity contribution is 4.73. The summed E-state index contributed by atoms with van der Waals surface area (Å²) in [5.74, 6) is 0.981. The van der Waals surface area contributed by atoms with Crippen LogP contribution in [0.2, 0.25) is 0 Å². The lowest BCUT2D eigenvalue weighted by atomic mass is 9.87. The Morgan fingerprint density at radius 2 is 1.67 bits per heavy atom. The smallest absolute Gasteiger partial charge is 0.00642 e. The summed E-state index contributed by atoms with van der Waals surface area (Å²) >= 11 is 0. The van der Waals surface area contributed by atoms with Gasteiger partial charge in [-0.15, -0.1) is 0 Å². The van der Waals surface area contributed by atoms with Crippen LogP contribution in [0.1, 0.15) is 32.6 Å². The van der Waals surface area contributed by atoms with E-state index in [1.54, 1.807) is 0 Å². The fraction of sp³-hybridized carbons (Fsp3) is 1.00. The van der Waals surface area contributed by atoms with Crippen LogP contribution in [-0.4, -0.2) is 13.1 Å². The first-order chi connectivity index (χ1) is 4.33. The summed E-state index contributed by atoms with van der Waals surface area (Å²) in [4.78, 5) is 0. The van der Waals surface area contributed by atoms with Gasteiger partial charge in [-0.25, -0.2) is 0 Å². The number of nitrogens with one attached hydrogen (secondary N) is 1. The lowest BCUT2D eigenvalue weighted by molar-refractivity contribution is 0.319. The molecule has 0 bridgehead atoms. The van der Waals surface area contributed by atoms with Gasteiger partial charge in [0.1, 0.15) is 0 Å². The molecule has 0 aliphatic heterocycles. The van der Waals surface area contributed by atoms with Crippen LogP contribution in [0, 0.1) is 5.92 Å². The molecule has 1 aliphatic carbocycles. The van der Waals surface area contributed by atoms with Crippen molar-refractivity contribution in [3.8, 4) is 0 Å². The first kappa shape index (κ1) is 7.07. The van der Waals surface area contributed by atoms with Gasteiger partial charge in [0.15, 0.2) is 0 Å². The van der Waals surface area contributed by atoms with E-state index in [0.29, 0.717) is 0 Å². The fourth-order valence-corrected chi connectivity index (χ4v) is 1.55. The monoisotopic (exact) mass is 127 g/mol. The molecule has 0 unspecified atom stereocenters. The standard InChI is InChI=1S/C8H17N/c1-7-3-5-8(9-2)6-4-7/h7-9H,3-6H2,1-2H3/t7-,8+. The number of rotatable bonds is 1. The van der Waals surface area contributed by atoms with E-state index in [-0.39, 0.29) is 0 Å². The van der Waals surface area contributed by atoms with Gasteiger partial charge in [0.05, 0.1) is 0 Å². The minimum Gasteiger partial charge on any atom is -0.317 e. The average molecular weight is 127 g/mol. The molecule has 1 saturated carbocycles. The summed E-state index contributed by atoms with van der Waals surface area (Å²) < 4.78 is 0. The molecule has 0 radical (unpaired) electrons. The summed E-state index contributed by atoms with van der Waals surface area (Å²) in [6.07, 6.45) is 5.62. The Kier molecular flexibility index (Phi) is 2.52. The van der Waals surface area contributed by atoms with Crippen LogP contribution < -0.4 is 5.32 Å². The van der Waals surface area contributed by atoms with Crippen molar-refractivity contribution < 1.29 is 0 Å². The summed E-state index contributed by atoms with van der Waals surface area (Å²) in [6, 6.07) is 0.821. The number of hydrogen-bond donors (Lipinski definition) is 1. The van der Waals surface area contributed by atoms with E-state index in [2.05, 4.69) is 19.3 Å². The van der Waals surface area contributed by atoms with Gasteiger partial charge in [0, 0.05) is 6.04 Å². The second-order valence-corrected chi connectivity index (χ2v) is 3.25. The molecule has 1 N–H and O–H groups in total. The van der Waals surface area contributed by atoms with Gasteiger partial charge in [-0.2, -0.15) is 0 Å². The van der Waals surface area contributed by atoms with Crippen LogP contribution in [0.15, 0.2) is 0 Å². The molecule has 0 aromatic rings. The van der Waals surface area contributed by atoms with Crippen LogP contribution in [-0.2, 0) is 0 Å². The molecule has 0 spiro atoms. The minimum absolute atomic E-state index is 0.821. The SMILES string of the molecule is CN[C@H]1CC[C@@H](C)CC1. The first-order valence-corrected chi connectivity index (χ1v) is 4.00. The predicted molar refractivity (Wildman–Crippen MR) is 40.5 cm³/mol. The molecule has 0 aromatic carbocycles. The van der Waals surface area contributed by atoms with Crippen molar-refractivity contribution in [2.75, 3.05) is 7.05 Å². The summed E-state index contributed by atoms with van der Waals surface area (Å²) in [6.45, 7) is 2.35. The van der Waals surface area contributed by atoms with E-state index >= 15 is 0 Å². The van der Waals surface area contributed by atoms with Crippen molar-refractivity contribution in [2.45, 2.75) is 38.6 Å². The van der Waals surface area contributed by atoms with Crippen molar-refractivity contribution in [2.24, 2.45) is 5.92 Å². The second-order valence-electron chi connectivity index (χ2n) is 3.25. The molecule has 1 nitrogen and oxygen atoms in total. The Bertz CT molecular complexity index is 72.6. The highest BCUT2D eigenvalue weighted by Crippen LogP contribution is 2.22. The lowest BCUT2D eigenvalue weighted by Gasteiger charge is -2.25. The largest absolute Gasteiger partial charge is 0.317 e. The Labute approximate surface area is 57.8 Å². The Hall–Kier alpha value is -0.0400. The van der Waals surface area contributed by atoms with E-state index in [9.17, 15) is 0 Å². The van der Waals surface area contributed by atoms with Gasteiger partial charge in [-0.3, -0.25) is 0 Å². The molecule has 0 atom stereocenters. The molecule has 9 heavy (non-hydrogen) atoms.